The second-order valence-corrected chi connectivity index (χ2v) is 5.08. The predicted octanol–water partition coefficient (Wildman–Crippen LogP) is 2.62. The molecular formula is C13H18N2O. The lowest BCUT2D eigenvalue weighted by molar-refractivity contribution is -0.107. The third-order valence-corrected chi connectivity index (χ3v) is 3.85. The van der Waals surface area contributed by atoms with E-state index in [0.29, 0.717) is 18.4 Å². The van der Waals surface area contributed by atoms with Gasteiger partial charge in [-0.05, 0) is 25.7 Å². The maximum absolute atomic E-state index is 10.7. The van der Waals surface area contributed by atoms with Crippen molar-refractivity contribution in [1.82, 2.24) is 9.78 Å². The fourth-order valence-electron chi connectivity index (χ4n) is 2.90. The van der Waals surface area contributed by atoms with Crippen LogP contribution in [0.25, 0.3) is 0 Å². The minimum Gasteiger partial charge on any atom is -0.303 e. The van der Waals surface area contributed by atoms with Crippen LogP contribution >= 0.6 is 0 Å². The zero-order valence-electron chi connectivity index (χ0n) is 9.56. The molecule has 1 aromatic heterocycles. The van der Waals surface area contributed by atoms with Gasteiger partial charge in [0.25, 0.3) is 0 Å². The van der Waals surface area contributed by atoms with E-state index in [9.17, 15) is 4.79 Å². The van der Waals surface area contributed by atoms with E-state index in [4.69, 9.17) is 0 Å². The molecule has 2 aliphatic carbocycles. The quantitative estimate of drug-likeness (QED) is 0.728. The average molecular weight is 218 g/mol. The maximum atomic E-state index is 10.7. The van der Waals surface area contributed by atoms with Crippen LogP contribution in [0.4, 0.5) is 0 Å². The Balaban J connectivity index is 1.93. The number of rotatable bonds is 4. The molecule has 16 heavy (non-hydrogen) atoms. The molecule has 0 saturated heterocycles. The maximum Gasteiger partial charge on any atom is 0.124 e. The Morgan fingerprint density at radius 3 is 2.69 bits per heavy atom. The zero-order valence-corrected chi connectivity index (χ0v) is 9.56. The van der Waals surface area contributed by atoms with Gasteiger partial charge in [-0.1, -0.05) is 12.8 Å². The first-order valence-electron chi connectivity index (χ1n) is 6.40. The van der Waals surface area contributed by atoms with Crippen LogP contribution in [0.15, 0.2) is 6.20 Å². The minimum atomic E-state index is 0.540. The smallest absolute Gasteiger partial charge is 0.124 e. The van der Waals surface area contributed by atoms with Gasteiger partial charge in [0.2, 0.25) is 0 Å². The number of aldehydes is 1. The largest absolute Gasteiger partial charge is 0.303 e. The Labute approximate surface area is 95.8 Å². The summed E-state index contributed by atoms with van der Waals surface area (Å²) in [7, 11) is 0. The van der Waals surface area contributed by atoms with Gasteiger partial charge in [-0.2, -0.15) is 5.10 Å². The van der Waals surface area contributed by atoms with Gasteiger partial charge >= 0.3 is 0 Å². The van der Waals surface area contributed by atoms with E-state index in [1.165, 1.54) is 49.8 Å². The summed E-state index contributed by atoms with van der Waals surface area (Å²) >= 11 is 0. The standard InChI is InChI=1S/C13H18N2O/c16-8-7-11-9-14-15(12-3-1-2-4-12)13(11)10-5-6-10/h8-10,12H,1-7H2. The van der Waals surface area contributed by atoms with Gasteiger partial charge in [0.05, 0.1) is 12.2 Å². The van der Waals surface area contributed by atoms with Gasteiger partial charge < -0.3 is 4.79 Å². The lowest BCUT2D eigenvalue weighted by Gasteiger charge is -2.14. The molecule has 3 rings (SSSR count). The van der Waals surface area contributed by atoms with Crippen LogP contribution in [0.3, 0.4) is 0 Å². The molecule has 0 amide bonds. The van der Waals surface area contributed by atoms with E-state index in [-0.39, 0.29) is 0 Å². The van der Waals surface area contributed by atoms with Crippen LogP contribution in [-0.2, 0) is 11.2 Å². The molecule has 0 unspecified atom stereocenters. The molecule has 3 heteroatoms. The number of carbonyl (C=O) groups excluding carboxylic acids is 1. The van der Waals surface area contributed by atoms with Crippen LogP contribution in [0.2, 0.25) is 0 Å². The van der Waals surface area contributed by atoms with Crippen molar-refractivity contribution in [1.29, 1.82) is 0 Å². The van der Waals surface area contributed by atoms with Crippen molar-refractivity contribution in [3.05, 3.63) is 17.5 Å². The normalized spacial score (nSPS) is 21.5. The molecule has 3 nitrogen and oxygen atoms in total. The highest BCUT2D eigenvalue weighted by molar-refractivity contribution is 5.55. The number of aromatic nitrogens is 2. The van der Waals surface area contributed by atoms with Crippen molar-refractivity contribution in [2.24, 2.45) is 0 Å². The van der Waals surface area contributed by atoms with Crippen LogP contribution in [-0.4, -0.2) is 16.1 Å². The third-order valence-electron chi connectivity index (χ3n) is 3.85. The van der Waals surface area contributed by atoms with E-state index in [2.05, 4.69) is 9.78 Å². The highest BCUT2D eigenvalue weighted by Crippen LogP contribution is 2.44. The molecule has 0 atom stereocenters. The lowest BCUT2D eigenvalue weighted by Crippen LogP contribution is -2.10. The van der Waals surface area contributed by atoms with E-state index < -0.39 is 0 Å². The molecule has 0 N–H and O–H groups in total. The van der Waals surface area contributed by atoms with Gasteiger partial charge in [0, 0.05) is 23.6 Å². The van der Waals surface area contributed by atoms with Crippen LogP contribution < -0.4 is 0 Å². The molecule has 86 valence electrons. The second kappa shape index (κ2) is 4.04. The molecule has 2 fully saturated rings. The summed E-state index contributed by atoms with van der Waals surface area (Å²) in [6.07, 6.45) is 11.2. The van der Waals surface area contributed by atoms with Crippen LogP contribution in [0, 0.1) is 0 Å². The van der Waals surface area contributed by atoms with Crippen molar-refractivity contribution in [2.75, 3.05) is 0 Å². The van der Waals surface area contributed by atoms with Gasteiger partial charge in [-0.3, -0.25) is 4.68 Å². The molecule has 1 heterocycles. The number of nitrogens with zero attached hydrogens (tertiary/aromatic N) is 2. The predicted molar refractivity (Wildman–Crippen MR) is 61.5 cm³/mol. The Kier molecular flexibility index (Phi) is 2.54. The number of hydrogen-bond donors (Lipinski definition) is 0. The van der Waals surface area contributed by atoms with Crippen LogP contribution in [0.5, 0.6) is 0 Å². The van der Waals surface area contributed by atoms with E-state index in [0.717, 1.165) is 6.29 Å². The van der Waals surface area contributed by atoms with Gasteiger partial charge in [0.15, 0.2) is 0 Å². The van der Waals surface area contributed by atoms with Crippen molar-refractivity contribution < 1.29 is 4.79 Å². The zero-order chi connectivity index (χ0) is 11.0. The van der Waals surface area contributed by atoms with Crippen molar-refractivity contribution in [3.63, 3.8) is 0 Å². The first-order chi connectivity index (χ1) is 7.90. The molecule has 1 aromatic rings. The van der Waals surface area contributed by atoms with Crippen molar-refractivity contribution >= 4 is 6.29 Å². The summed E-state index contributed by atoms with van der Waals surface area (Å²) in [6, 6.07) is 0.607. The molecule has 0 spiro atoms. The monoisotopic (exact) mass is 218 g/mol. The second-order valence-electron chi connectivity index (χ2n) is 5.08. The summed E-state index contributed by atoms with van der Waals surface area (Å²) in [5, 5.41) is 4.54. The molecule has 0 aliphatic heterocycles. The highest BCUT2D eigenvalue weighted by atomic mass is 16.1. The summed E-state index contributed by atoms with van der Waals surface area (Å²) in [5.41, 5.74) is 2.54. The molecule has 0 radical (unpaired) electrons. The third kappa shape index (κ3) is 1.68. The van der Waals surface area contributed by atoms with Crippen LogP contribution in [0.1, 0.15) is 61.7 Å². The topological polar surface area (TPSA) is 34.9 Å². The lowest BCUT2D eigenvalue weighted by atomic mass is 10.1. The van der Waals surface area contributed by atoms with E-state index in [1.54, 1.807) is 0 Å². The Morgan fingerprint density at radius 1 is 1.31 bits per heavy atom. The van der Waals surface area contributed by atoms with E-state index >= 15 is 0 Å². The first kappa shape index (κ1) is 10.1. The van der Waals surface area contributed by atoms with Gasteiger partial charge in [-0.25, -0.2) is 0 Å². The fourth-order valence-corrected chi connectivity index (χ4v) is 2.90. The SMILES string of the molecule is O=CCc1cnn(C2CCCC2)c1C1CC1. The first-order valence-corrected chi connectivity index (χ1v) is 6.40. The highest BCUT2D eigenvalue weighted by Gasteiger charge is 2.32. The Hall–Kier alpha value is -1.12. The minimum absolute atomic E-state index is 0.540. The number of carbonyl (C=O) groups is 1. The number of hydrogen-bond acceptors (Lipinski definition) is 2. The average Bonchev–Trinajstić information content (AvgIpc) is 2.82. The Morgan fingerprint density at radius 2 is 2.06 bits per heavy atom. The summed E-state index contributed by atoms with van der Waals surface area (Å²) in [4.78, 5) is 10.7. The summed E-state index contributed by atoms with van der Waals surface area (Å²) < 4.78 is 2.24. The van der Waals surface area contributed by atoms with Gasteiger partial charge in [0.1, 0.15) is 6.29 Å². The Bertz CT molecular complexity index is 387. The molecule has 2 saturated carbocycles. The van der Waals surface area contributed by atoms with E-state index in [1.807, 2.05) is 6.20 Å². The molecule has 0 bridgehead atoms. The van der Waals surface area contributed by atoms with Crippen molar-refractivity contribution in [3.8, 4) is 0 Å². The van der Waals surface area contributed by atoms with Crippen molar-refractivity contribution in [2.45, 2.75) is 56.9 Å². The van der Waals surface area contributed by atoms with Gasteiger partial charge in [-0.15, -0.1) is 0 Å². The summed E-state index contributed by atoms with van der Waals surface area (Å²) in [6.45, 7) is 0. The molecular weight excluding hydrogens is 200 g/mol. The molecule has 0 aromatic carbocycles. The fraction of sp³-hybridized carbons (Fsp3) is 0.692. The summed E-state index contributed by atoms with van der Waals surface area (Å²) in [5.74, 6) is 0.693. The molecule has 2 aliphatic rings.